The number of nitrogens with two attached hydrogens (primary N) is 2. The fourth-order valence-electron chi connectivity index (χ4n) is 1.89. The van der Waals surface area contributed by atoms with Crippen LogP contribution in [-0.4, -0.2) is 32.8 Å². The van der Waals surface area contributed by atoms with Crippen molar-refractivity contribution in [1.82, 2.24) is 0 Å². The number of nitrogens with one attached hydrogen (secondary N) is 1. The summed E-state index contributed by atoms with van der Waals surface area (Å²) in [6.07, 6.45) is 1.57. The van der Waals surface area contributed by atoms with E-state index in [2.05, 4.69) is 5.32 Å². The number of benzene rings is 1. The van der Waals surface area contributed by atoms with Gasteiger partial charge in [-0.25, -0.2) is 4.39 Å². The topological polar surface area (TPSA) is 76.5 Å². The lowest BCUT2D eigenvalue weighted by atomic mass is 10.2. The molecule has 0 spiro atoms. The van der Waals surface area contributed by atoms with Gasteiger partial charge in [-0.15, -0.1) is 0 Å². The Morgan fingerprint density at radius 1 is 1.42 bits per heavy atom. The van der Waals surface area contributed by atoms with Gasteiger partial charge in [0.2, 0.25) is 0 Å². The predicted octanol–water partition coefficient (Wildman–Crippen LogP) is 0.833. The van der Waals surface area contributed by atoms with Crippen molar-refractivity contribution in [2.75, 3.05) is 43.1 Å². The summed E-state index contributed by atoms with van der Waals surface area (Å²) >= 11 is 0. The average molecular weight is 266 g/mol. The van der Waals surface area contributed by atoms with Crippen LogP contribution < -0.4 is 21.7 Å². The van der Waals surface area contributed by atoms with Crippen LogP contribution in [0.1, 0.15) is 0 Å². The van der Waals surface area contributed by atoms with Crippen molar-refractivity contribution in [3.63, 3.8) is 0 Å². The lowest BCUT2D eigenvalue weighted by Gasteiger charge is -2.29. The van der Waals surface area contributed by atoms with Crippen LogP contribution >= 0.6 is 0 Å². The van der Waals surface area contributed by atoms with Crippen LogP contribution in [0, 0.1) is 5.82 Å². The second-order valence-corrected chi connectivity index (χ2v) is 4.33. The van der Waals surface area contributed by atoms with E-state index in [-0.39, 0.29) is 12.4 Å². The van der Waals surface area contributed by atoms with Gasteiger partial charge in [-0.1, -0.05) is 0 Å². The quantitative estimate of drug-likeness (QED) is 0.752. The number of anilines is 2. The van der Waals surface area contributed by atoms with Crippen molar-refractivity contribution in [3.05, 3.63) is 35.9 Å². The summed E-state index contributed by atoms with van der Waals surface area (Å²) in [4.78, 5) is 1.98. The highest BCUT2D eigenvalue weighted by Crippen LogP contribution is 2.23. The molecule has 2 rings (SSSR count). The molecule has 1 saturated heterocycles. The van der Waals surface area contributed by atoms with Gasteiger partial charge in [-0.2, -0.15) is 0 Å². The molecule has 1 aliphatic rings. The molecule has 5 nitrogen and oxygen atoms in total. The molecule has 1 aromatic carbocycles. The second kappa shape index (κ2) is 6.40. The van der Waals surface area contributed by atoms with Gasteiger partial charge in [0.25, 0.3) is 0 Å². The van der Waals surface area contributed by atoms with Gasteiger partial charge in [0.1, 0.15) is 5.82 Å². The van der Waals surface area contributed by atoms with Crippen molar-refractivity contribution in [2.45, 2.75) is 0 Å². The number of morpholine rings is 1. The zero-order valence-corrected chi connectivity index (χ0v) is 10.7. The van der Waals surface area contributed by atoms with Crippen LogP contribution in [0.4, 0.5) is 15.8 Å². The van der Waals surface area contributed by atoms with E-state index >= 15 is 0 Å². The van der Waals surface area contributed by atoms with Gasteiger partial charge in [-0.3, -0.25) is 0 Å². The summed E-state index contributed by atoms with van der Waals surface area (Å²) in [6, 6.07) is 5.02. The van der Waals surface area contributed by atoms with E-state index < -0.39 is 0 Å². The molecule has 0 aliphatic carbocycles. The van der Waals surface area contributed by atoms with Gasteiger partial charge in [0, 0.05) is 37.2 Å². The zero-order valence-electron chi connectivity index (χ0n) is 10.7. The Morgan fingerprint density at radius 3 is 2.79 bits per heavy atom. The zero-order chi connectivity index (χ0) is 13.7. The summed E-state index contributed by atoms with van der Waals surface area (Å²) in [6.45, 7) is 2.96. The Hall–Kier alpha value is -1.79. The lowest BCUT2D eigenvalue weighted by Crippen LogP contribution is -2.36. The highest BCUT2D eigenvalue weighted by Gasteiger charge is 2.14. The third kappa shape index (κ3) is 3.59. The average Bonchev–Trinajstić information content (AvgIpc) is 2.45. The molecule has 104 valence electrons. The molecule has 0 bridgehead atoms. The summed E-state index contributed by atoms with van der Waals surface area (Å²) in [5.41, 5.74) is 12.7. The molecule has 1 aromatic rings. The molecule has 0 amide bonds. The van der Waals surface area contributed by atoms with Gasteiger partial charge in [0.05, 0.1) is 18.9 Å². The minimum absolute atomic E-state index is 0.258. The molecule has 0 radical (unpaired) electrons. The van der Waals surface area contributed by atoms with Gasteiger partial charge >= 0.3 is 0 Å². The van der Waals surface area contributed by atoms with Gasteiger partial charge < -0.3 is 26.4 Å². The number of ether oxygens (including phenoxy) is 1. The van der Waals surface area contributed by atoms with Crippen molar-refractivity contribution in [2.24, 2.45) is 11.5 Å². The minimum atomic E-state index is -0.258. The maximum atomic E-state index is 14.0. The van der Waals surface area contributed by atoms with E-state index in [0.717, 1.165) is 0 Å². The van der Waals surface area contributed by atoms with E-state index in [1.54, 1.807) is 12.3 Å². The third-order valence-corrected chi connectivity index (χ3v) is 2.96. The summed E-state index contributed by atoms with van der Waals surface area (Å²) in [7, 11) is 0. The number of hydrogen-bond acceptors (Lipinski definition) is 5. The Kier molecular flexibility index (Phi) is 4.59. The van der Waals surface area contributed by atoms with E-state index in [4.69, 9.17) is 16.2 Å². The first-order valence-electron chi connectivity index (χ1n) is 6.24. The second-order valence-electron chi connectivity index (χ2n) is 4.33. The summed E-state index contributed by atoms with van der Waals surface area (Å²) < 4.78 is 19.3. The monoisotopic (exact) mass is 266 g/mol. The standard InChI is InChI=1S/C13H19FN4O/c14-12-7-11(17-9-10(16)8-15)1-2-13(12)18-3-5-19-6-4-18/h1-2,7,9,17H,3-6,8,15-16H2/b10-9-. The molecule has 0 unspecified atom stereocenters. The fourth-order valence-corrected chi connectivity index (χ4v) is 1.89. The van der Waals surface area contributed by atoms with Gasteiger partial charge in [-0.05, 0) is 18.2 Å². The van der Waals surface area contributed by atoms with Crippen LogP contribution in [0.2, 0.25) is 0 Å². The highest BCUT2D eigenvalue weighted by atomic mass is 19.1. The van der Waals surface area contributed by atoms with Crippen LogP contribution in [0.3, 0.4) is 0 Å². The Balaban J connectivity index is 2.08. The molecule has 1 aliphatic heterocycles. The number of rotatable bonds is 4. The molecule has 0 aromatic heterocycles. The van der Waals surface area contributed by atoms with Crippen molar-refractivity contribution in [1.29, 1.82) is 0 Å². The maximum absolute atomic E-state index is 14.0. The SMILES string of the molecule is NC/C(N)=C/Nc1ccc(N2CCOCC2)c(F)c1. The van der Waals surface area contributed by atoms with Gasteiger partial charge in [0.15, 0.2) is 0 Å². The number of halogens is 1. The third-order valence-electron chi connectivity index (χ3n) is 2.96. The molecule has 19 heavy (non-hydrogen) atoms. The smallest absolute Gasteiger partial charge is 0.148 e. The van der Waals surface area contributed by atoms with Crippen LogP contribution in [-0.2, 0) is 4.74 Å². The molecule has 0 atom stereocenters. The van der Waals surface area contributed by atoms with E-state index in [9.17, 15) is 4.39 Å². The van der Waals surface area contributed by atoms with Crippen molar-refractivity contribution >= 4 is 11.4 Å². The van der Waals surface area contributed by atoms with Crippen molar-refractivity contribution < 1.29 is 9.13 Å². The van der Waals surface area contributed by atoms with Crippen LogP contribution in [0.5, 0.6) is 0 Å². The van der Waals surface area contributed by atoms with E-state index in [1.807, 2.05) is 11.0 Å². The molecular weight excluding hydrogens is 247 g/mol. The Bertz CT molecular complexity index is 458. The molecular formula is C13H19FN4O. The molecule has 6 heteroatoms. The van der Waals surface area contributed by atoms with E-state index in [1.165, 1.54) is 6.07 Å². The Morgan fingerprint density at radius 2 is 2.16 bits per heavy atom. The first-order valence-corrected chi connectivity index (χ1v) is 6.24. The molecule has 1 fully saturated rings. The molecule has 0 saturated carbocycles. The summed E-state index contributed by atoms with van der Waals surface area (Å²) in [5.74, 6) is -0.258. The first-order chi connectivity index (χ1) is 9.20. The van der Waals surface area contributed by atoms with Crippen molar-refractivity contribution in [3.8, 4) is 0 Å². The number of hydrogen-bond donors (Lipinski definition) is 3. The molecule has 5 N–H and O–H groups in total. The Labute approximate surface area is 112 Å². The lowest BCUT2D eigenvalue weighted by molar-refractivity contribution is 0.122. The summed E-state index contributed by atoms with van der Waals surface area (Å²) in [5, 5.41) is 2.92. The highest BCUT2D eigenvalue weighted by molar-refractivity contribution is 5.57. The molecule has 1 heterocycles. The van der Waals surface area contributed by atoms with E-state index in [0.29, 0.717) is 43.4 Å². The number of nitrogens with zero attached hydrogens (tertiary/aromatic N) is 1. The first kappa shape index (κ1) is 13.6. The minimum Gasteiger partial charge on any atom is -0.400 e. The largest absolute Gasteiger partial charge is 0.400 e. The fraction of sp³-hybridized carbons (Fsp3) is 0.385. The maximum Gasteiger partial charge on any atom is 0.148 e. The van der Waals surface area contributed by atoms with Crippen LogP contribution in [0.15, 0.2) is 30.1 Å². The predicted molar refractivity (Wildman–Crippen MR) is 74.4 cm³/mol. The van der Waals surface area contributed by atoms with Crippen LogP contribution in [0.25, 0.3) is 0 Å². The normalized spacial score (nSPS) is 16.5.